The van der Waals surface area contributed by atoms with Gasteiger partial charge in [-0.05, 0) is 12.1 Å². The van der Waals surface area contributed by atoms with Crippen LogP contribution < -0.4 is 4.90 Å². The molecule has 2 fully saturated rings. The highest BCUT2D eigenvalue weighted by Crippen LogP contribution is 2.30. The molecule has 2 N–H and O–H groups in total. The average Bonchev–Trinajstić information content (AvgIpc) is 2.92. The van der Waals surface area contributed by atoms with E-state index in [2.05, 4.69) is 4.90 Å². The van der Waals surface area contributed by atoms with Crippen molar-refractivity contribution >= 4 is 17.5 Å². The summed E-state index contributed by atoms with van der Waals surface area (Å²) in [5, 5.41) is 19.7. The van der Waals surface area contributed by atoms with E-state index in [1.807, 2.05) is 18.2 Å². The topological polar surface area (TPSA) is 84.3 Å². The molecule has 3 rings (SSSR count). The van der Waals surface area contributed by atoms with Crippen LogP contribution in [0.5, 0.6) is 0 Å². The van der Waals surface area contributed by atoms with Gasteiger partial charge in [-0.1, -0.05) is 18.2 Å². The molecule has 2 aliphatic rings. The van der Waals surface area contributed by atoms with E-state index in [1.165, 1.54) is 4.90 Å². The quantitative estimate of drug-likeness (QED) is 0.711. The predicted octanol–water partition coefficient (Wildman–Crippen LogP) is -0.709. The molecule has 1 aromatic rings. The van der Waals surface area contributed by atoms with E-state index >= 15 is 0 Å². The zero-order chi connectivity index (χ0) is 17.2. The Morgan fingerprint density at radius 2 is 1.75 bits per heavy atom. The lowest BCUT2D eigenvalue weighted by atomic mass is 10.00. The Morgan fingerprint density at radius 1 is 1.08 bits per heavy atom. The molecule has 7 nitrogen and oxygen atoms in total. The van der Waals surface area contributed by atoms with Crippen LogP contribution in [0.2, 0.25) is 0 Å². The van der Waals surface area contributed by atoms with Gasteiger partial charge in [-0.25, -0.2) is 0 Å². The third kappa shape index (κ3) is 3.02. The maximum atomic E-state index is 12.7. The maximum Gasteiger partial charge on any atom is 0.268 e. The summed E-state index contributed by atoms with van der Waals surface area (Å²) in [4.78, 5) is 30.5. The number of aliphatic hydroxyl groups is 2. The Kier molecular flexibility index (Phi) is 4.84. The molecule has 0 spiro atoms. The summed E-state index contributed by atoms with van der Waals surface area (Å²) < 4.78 is 0. The SMILES string of the molecule is O=C(N1CCN(CCO)CC1)[C@@]1(O)CCN(c2ccccc2)C1=O. The monoisotopic (exact) mass is 333 g/mol. The van der Waals surface area contributed by atoms with Gasteiger partial charge in [-0.15, -0.1) is 0 Å². The van der Waals surface area contributed by atoms with Crippen LogP contribution in [0.25, 0.3) is 0 Å². The van der Waals surface area contributed by atoms with E-state index in [1.54, 1.807) is 17.0 Å². The second-order valence-corrected chi connectivity index (χ2v) is 6.26. The van der Waals surface area contributed by atoms with Crippen LogP contribution in [0.15, 0.2) is 30.3 Å². The molecule has 2 heterocycles. The van der Waals surface area contributed by atoms with Crippen molar-refractivity contribution in [1.29, 1.82) is 0 Å². The Hall–Kier alpha value is -1.96. The molecule has 0 saturated carbocycles. The van der Waals surface area contributed by atoms with Crippen molar-refractivity contribution in [3.05, 3.63) is 30.3 Å². The minimum atomic E-state index is -1.96. The third-order valence-corrected chi connectivity index (χ3v) is 4.79. The number of carbonyl (C=O) groups excluding carboxylic acids is 2. The van der Waals surface area contributed by atoms with E-state index in [-0.39, 0.29) is 13.0 Å². The molecule has 0 unspecified atom stereocenters. The number of hydrogen-bond donors (Lipinski definition) is 2. The predicted molar refractivity (Wildman–Crippen MR) is 88.5 cm³/mol. The smallest absolute Gasteiger partial charge is 0.268 e. The fraction of sp³-hybridized carbons (Fsp3) is 0.529. The second-order valence-electron chi connectivity index (χ2n) is 6.26. The van der Waals surface area contributed by atoms with Crippen molar-refractivity contribution in [1.82, 2.24) is 9.80 Å². The first-order valence-corrected chi connectivity index (χ1v) is 8.28. The summed E-state index contributed by atoms with van der Waals surface area (Å²) in [6, 6.07) is 9.08. The average molecular weight is 333 g/mol. The summed E-state index contributed by atoms with van der Waals surface area (Å²) in [5.74, 6) is -1.05. The zero-order valence-electron chi connectivity index (χ0n) is 13.6. The Labute approximate surface area is 141 Å². The lowest BCUT2D eigenvalue weighted by Gasteiger charge is -2.37. The molecule has 1 aromatic carbocycles. The molecule has 2 saturated heterocycles. The lowest BCUT2D eigenvalue weighted by Crippen LogP contribution is -2.58. The Balaban J connectivity index is 1.68. The number of nitrogens with zero attached hydrogens (tertiary/aromatic N) is 3. The van der Waals surface area contributed by atoms with Crippen LogP contribution in [-0.2, 0) is 9.59 Å². The molecule has 130 valence electrons. The summed E-state index contributed by atoms with van der Waals surface area (Å²) in [7, 11) is 0. The second kappa shape index (κ2) is 6.88. The number of para-hydroxylation sites is 1. The number of β-amino-alcohol motifs (C(OH)–C–C–N with tert-alkyl or cyclic N) is 1. The summed E-state index contributed by atoms with van der Waals surface area (Å²) in [6.07, 6.45) is 0.108. The van der Waals surface area contributed by atoms with Crippen molar-refractivity contribution < 1.29 is 19.8 Å². The van der Waals surface area contributed by atoms with Gasteiger partial charge < -0.3 is 20.0 Å². The number of benzene rings is 1. The molecule has 7 heteroatoms. The number of piperazine rings is 1. The first-order chi connectivity index (χ1) is 11.6. The first kappa shape index (κ1) is 16.9. The normalized spacial score (nSPS) is 25.3. The zero-order valence-corrected chi connectivity index (χ0v) is 13.6. The van der Waals surface area contributed by atoms with Crippen LogP contribution in [0, 0.1) is 0 Å². The van der Waals surface area contributed by atoms with Crippen molar-refractivity contribution in [2.24, 2.45) is 0 Å². The standard InChI is InChI=1S/C17H23N3O4/c21-13-12-18-8-10-19(11-9-18)15(22)17(24)6-7-20(16(17)23)14-4-2-1-3-5-14/h1-5,21,24H,6-13H2/t17-/m0/s1. The van der Waals surface area contributed by atoms with Crippen LogP contribution in [0.1, 0.15) is 6.42 Å². The fourth-order valence-electron chi connectivity index (χ4n) is 3.34. The van der Waals surface area contributed by atoms with E-state index in [0.29, 0.717) is 45.0 Å². The lowest BCUT2D eigenvalue weighted by molar-refractivity contribution is -0.158. The third-order valence-electron chi connectivity index (χ3n) is 4.79. The van der Waals surface area contributed by atoms with Gasteiger partial charge in [-0.3, -0.25) is 14.5 Å². The van der Waals surface area contributed by atoms with Gasteiger partial charge in [0.05, 0.1) is 6.61 Å². The van der Waals surface area contributed by atoms with Gasteiger partial charge in [-0.2, -0.15) is 0 Å². The summed E-state index contributed by atoms with van der Waals surface area (Å²) >= 11 is 0. The number of amides is 2. The maximum absolute atomic E-state index is 12.7. The van der Waals surface area contributed by atoms with Crippen LogP contribution in [-0.4, -0.2) is 83.3 Å². The molecule has 2 amide bonds. The van der Waals surface area contributed by atoms with E-state index < -0.39 is 17.4 Å². The molecule has 24 heavy (non-hydrogen) atoms. The van der Waals surface area contributed by atoms with Crippen molar-refractivity contribution in [2.45, 2.75) is 12.0 Å². The number of aliphatic hydroxyl groups excluding tert-OH is 1. The fourth-order valence-corrected chi connectivity index (χ4v) is 3.34. The van der Waals surface area contributed by atoms with E-state index in [9.17, 15) is 14.7 Å². The molecule has 1 atom stereocenters. The minimum Gasteiger partial charge on any atom is -0.395 e. The summed E-state index contributed by atoms with van der Waals surface area (Å²) in [5.41, 5.74) is -1.27. The molecular formula is C17H23N3O4. The van der Waals surface area contributed by atoms with Crippen LogP contribution >= 0.6 is 0 Å². The number of anilines is 1. The minimum absolute atomic E-state index is 0.0857. The van der Waals surface area contributed by atoms with Crippen LogP contribution in [0.4, 0.5) is 5.69 Å². The van der Waals surface area contributed by atoms with Crippen molar-refractivity contribution in [2.75, 3.05) is 50.8 Å². The highest BCUT2D eigenvalue weighted by atomic mass is 16.3. The number of hydrogen-bond acceptors (Lipinski definition) is 5. The molecule has 0 radical (unpaired) electrons. The highest BCUT2D eigenvalue weighted by molar-refractivity contribution is 6.16. The highest BCUT2D eigenvalue weighted by Gasteiger charge is 2.53. The molecule has 0 aliphatic carbocycles. The van der Waals surface area contributed by atoms with Crippen LogP contribution in [0.3, 0.4) is 0 Å². The molecule has 2 aliphatic heterocycles. The molecule has 0 aromatic heterocycles. The van der Waals surface area contributed by atoms with Gasteiger partial charge in [0.15, 0.2) is 0 Å². The molecule has 0 bridgehead atoms. The van der Waals surface area contributed by atoms with E-state index in [4.69, 9.17) is 5.11 Å². The molecular weight excluding hydrogens is 310 g/mol. The Bertz CT molecular complexity index is 601. The first-order valence-electron chi connectivity index (χ1n) is 8.28. The number of carbonyl (C=O) groups is 2. The van der Waals surface area contributed by atoms with Gasteiger partial charge >= 0.3 is 0 Å². The van der Waals surface area contributed by atoms with Gasteiger partial charge in [0.1, 0.15) is 0 Å². The van der Waals surface area contributed by atoms with Gasteiger partial charge in [0, 0.05) is 51.4 Å². The van der Waals surface area contributed by atoms with E-state index in [0.717, 1.165) is 0 Å². The largest absolute Gasteiger partial charge is 0.395 e. The van der Waals surface area contributed by atoms with Gasteiger partial charge in [0.2, 0.25) is 5.60 Å². The van der Waals surface area contributed by atoms with Crippen molar-refractivity contribution in [3.8, 4) is 0 Å². The summed E-state index contributed by atoms with van der Waals surface area (Å²) in [6.45, 7) is 3.18. The number of rotatable bonds is 4. The van der Waals surface area contributed by atoms with Gasteiger partial charge in [0.25, 0.3) is 11.8 Å². The Morgan fingerprint density at radius 3 is 2.38 bits per heavy atom. The van der Waals surface area contributed by atoms with Crippen molar-refractivity contribution in [3.63, 3.8) is 0 Å².